The Morgan fingerprint density at radius 1 is 1.26 bits per heavy atom. The minimum absolute atomic E-state index is 0.130. The molecule has 0 aliphatic carbocycles. The lowest BCUT2D eigenvalue weighted by Crippen LogP contribution is -2.16. The number of carbonyl (C=O) groups excluding carboxylic acids is 1. The molecule has 0 saturated carbocycles. The van der Waals surface area contributed by atoms with E-state index in [1.165, 1.54) is 0 Å². The zero-order valence-corrected chi connectivity index (χ0v) is 12.2. The van der Waals surface area contributed by atoms with Gasteiger partial charge in [0.25, 0.3) is 0 Å². The summed E-state index contributed by atoms with van der Waals surface area (Å²) in [5.74, 6) is 0.255. The number of nitrogens with zero attached hydrogens (tertiary/aromatic N) is 1. The number of ether oxygens (including phenoxy) is 2. The number of rotatable bonds is 7. The zero-order valence-electron chi connectivity index (χ0n) is 12.2. The van der Waals surface area contributed by atoms with E-state index in [4.69, 9.17) is 9.47 Å². The molecule has 1 rings (SSSR count). The Hall–Kier alpha value is -1.55. The Kier molecular flexibility index (Phi) is 6.36. The van der Waals surface area contributed by atoms with Gasteiger partial charge in [-0.3, -0.25) is 0 Å². The summed E-state index contributed by atoms with van der Waals surface area (Å²) in [7, 11) is 4.04. The van der Waals surface area contributed by atoms with Crippen molar-refractivity contribution in [2.45, 2.75) is 26.4 Å². The van der Waals surface area contributed by atoms with Crippen LogP contribution in [-0.2, 0) is 4.74 Å². The van der Waals surface area contributed by atoms with Crippen LogP contribution in [0.15, 0.2) is 24.3 Å². The van der Waals surface area contributed by atoms with Gasteiger partial charge in [-0.25, -0.2) is 4.79 Å². The Labute approximate surface area is 115 Å². The van der Waals surface area contributed by atoms with Crippen LogP contribution in [0.1, 0.15) is 30.6 Å². The molecule has 0 N–H and O–H groups in total. The Morgan fingerprint density at radius 3 is 2.58 bits per heavy atom. The van der Waals surface area contributed by atoms with Gasteiger partial charge < -0.3 is 14.4 Å². The molecule has 0 bridgehead atoms. The zero-order chi connectivity index (χ0) is 14.3. The molecule has 0 saturated heterocycles. The van der Waals surface area contributed by atoms with Gasteiger partial charge in [-0.2, -0.15) is 0 Å². The smallest absolute Gasteiger partial charge is 0.342 e. The lowest BCUT2D eigenvalue weighted by Gasteiger charge is -2.13. The van der Waals surface area contributed by atoms with Crippen molar-refractivity contribution < 1.29 is 14.3 Å². The standard InChI is InChI=1S/C15H23NO3/c1-12(2)19-15(17)13-8-5-6-9-14(13)18-11-7-10-16(3)4/h5-6,8-9,12H,7,10-11H2,1-4H3. The van der Waals surface area contributed by atoms with Crippen LogP contribution in [0.4, 0.5) is 0 Å². The molecule has 0 unspecified atom stereocenters. The fraction of sp³-hybridized carbons (Fsp3) is 0.533. The van der Waals surface area contributed by atoms with E-state index in [0.717, 1.165) is 13.0 Å². The van der Waals surface area contributed by atoms with Crippen molar-refractivity contribution in [1.29, 1.82) is 0 Å². The quantitative estimate of drug-likeness (QED) is 0.561. The highest BCUT2D eigenvalue weighted by Crippen LogP contribution is 2.19. The van der Waals surface area contributed by atoms with Gasteiger partial charge in [0, 0.05) is 6.54 Å². The van der Waals surface area contributed by atoms with Gasteiger partial charge in [-0.05, 0) is 46.5 Å². The minimum Gasteiger partial charge on any atom is -0.493 e. The van der Waals surface area contributed by atoms with Crippen LogP contribution in [0.2, 0.25) is 0 Å². The van der Waals surface area contributed by atoms with Crippen LogP contribution in [0.5, 0.6) is 5.75 Å². The fourth-order valence-electron chi connectivity index (χ4n) is 1.60. The maximum atomic E-state index is 11.9. The first-order valence-electron chi connectivity index (χ1n) is 6.58. The van der Waals surface area contributed by atoms with Gasteiger partial charge in [0.1, 0.15) is 11.3 Å². The summed E-state index contributed by atoms with van der Waals surface area (Å²) < 4.78 is 10.9. The molecule has 0 aliphatic heterocycles. The van der Waals surface area contributed by atoms with E-state index in [0.29, 0.717) is 17.9 Å². The molecule has 0 amide bonds. The van der Waals surface area contributed by atoms with Crippen molar-refractivity contribution >= 4 is 5.97 Å². The molecule has 4 heteroatoms. The van der Waals surface area contributed by atoms with E-state index in [9.17, 15) is 4.79 Å². The van der Waals surface area contributed by atoms with Crippen molar-refractivity contribution in [2.24, 2.45) is 0 Å². The van der Waals surface area contributed by atoms with Crippen molar-refractivity contribution in [3.63, 3.8) is 0 Å². The second-order valence-corrected chi connectivity index (χ2v) is 4.96. The molecule has 4 nitrogen and oxygen atoms in total. The van der Waals surface area contributed by atoms with Gasteiger partial charge in [0.2, 0.25) is 0 Å². The Morgan fingerprint density at radius 2 is 1.95 bits per heavy atom. The highest BCUT2D eigenvalue weighted by atomic mass is 16.5. The van der Waals surface area contributed by atoms with Crippen LogP contribution in [0, 0.1) is 0 Å². The summed E-state index contributed by atoms with van der Waals surface area (Å²) in [6.07, 6.45) is 0.787. The largest absolute Gasteiger partial charge is 0.493 e. The molecule has 106 valence electrons. The molecule has 0 fully saturated rings. The van der Waals surface area contributed by atoms with Crippen LogP contribution >= 0.6 is 0 Å². The van der Waals surface area contributed by atoms with Crippen LogP contribution < -0.4 is 4.74 Å². The van der Waals surface area contributed by atoms with Gasteiger partial charge in [-0.15, -0.1) is 0 Å². The lowest BCUT2D eigenvalue weighted by molar-refractivity contribution is 0.0373. The van der Waals surface area contributed by atoms with Gasteiger partial charge in [-0.1, -0.05) is 12.1 Å². The summed E-state index contributed by atoms with van der Waals surface area (Å²) in [4.78, 5) is 14.0. The van der Waals surface area contributed by atoms with Gasteiger partial charge in [0.15, 0.2) is 0 Å². The topological polar surface area (TPSA) is 38.8 Å². The number of hydrogen-bond donors (Lipinski definition) is 0. The monoisotopic (exact) mass is 265 g/mol. The summed E-state index contributed by atoms with van der Waals surface area (Å²) >= 11 is 0. The molecular formula is C15H23NO3. The summed E-state index contributed by atoms with van der Waals surface area (Å²) in [5, 5.41) is 0. The number of esters is 1. The predicted octanol–water partition coefficient (Wildman–Crippen LogP) is 2.58. The lowest BCUT2D eigenvalue weighted by atomic mass is 10.2. The van der Waals surface area contributed by atoms with Crippen LogP contribution in [0.25, 0.3) is 0 Å². The highest BCUT2D eigenvalue weighted by molar-refractivity contribution is 5.92. The second kappa shape index (κ2) is 7.79. The second-order valence-electron chi connectivity index (χ2n) is 4.96. The van der Waals surface area contributed by atoms with Crippen molar-refractivity contribution in [1.82, 2.24) is 4.90 Å². The molecule has 1 aromatic rings. The van der Waals surface area contributed by atoms with E-state index in [1.807, 2.05) is 40.1 Å². The number of para-hydroxylation sites is 1. The number of benzene rings is 1. The van der Waals surface area contributed by atoms with Crippen molar-refractivity contribution in [3.8, 4) is 5.75 Å². The average molecular weight is 265 g/mol. The number of carbonyl (C=O) groups is 1. The molecule has 0 radical (unpaired) electrons. The minimum atomic E-state index is -0.335. The summed E-state index contributed by atoms with van der Waals surface area (Å²) in [6.45, 7) is 5.21. The predicted molar refractivity (Wildman–Crippen MR) is 75.7 cm³/mol. The van der Waals surface area contributed by atoms with Crippen LogP contribution in [0.3, 0.4) is 0 Å². The van der Waals surface area contributed by atoms with E-state index < -0.39 is 0 Å². The summed E-state index contributed by atoms with van der Waals surface area (Å²) in [6, 6.07) is 7.19. The first-order valence-corrected chi connectivity index (χ1v) is 6.58. The number of hydrogen-bond acceptors (Lipinski definition) is 4. The van der Waals surface area contributed by atoms with Gasteiger partial charge in [0.05, 0.1) is 12.7 Å². The van der Waals surface area contributed by atoms with E-state index in [-0.39, 0.29) is 12.1 Å². The molecule has 19 heavy (non-hydrogen) atoms. The third-order valence-corrected chi connectivity index (χ3v) is 2.46. The van der Waals surface area contributed by atoms with Gasteiger partial charge >= 0.3 is 5.97 Å². The molecule has 0 spiro atoms. The first-order chi connectivity index (χ1) is 9.00. The molecule has 0 atom stereocenters. The molecule has 0 aromatic heterocycles. The van der Waals surface area contributed by atoms with Crippen molar-refractivity contribution in [3.05, 3.63) is 29.8 Å². The maximum absolute atomic E-state index is 11.9. The first kappa shape index (κ1) is 15.5. The fourth-order valence-corrected chi connectivity index (χ4v) is 1.60. The molecular weight excluding hydrogens is 242 g/mol. The maximum Gasteiger partial charge on any atom is 0.342 e. The van der Waals surface area contributed by atoms with E-state index in [2.05, 4.69) is 4.90 Å². The normalized spacial score (nSPS) is 10.8. The summed E-state index contributed by atoms with van der Waals surface area (Å²) in [5.41, 5.74) is 0.487. The average Bonchev–Trinajstić information content (AvgIpc) is 2.34. The SMILES string of the molecule is CC(C)OC(=O)c1ccccc1OCCCN(C)C. The van der Waals surface area contributed by atoms with Crippen molar-refractivity contribution in [2.75, 3.05) is 27.2 Å². The highest BCUT2D eigenvalue weighted by Gasteiger charge is 2.14. The Bertz CT molecular complexity index is 402. The Balaban J connectivity index is 2.60. The van der Waals surface area contributed by atoms with E-state index >= 15 is 0 Å². The molecule has 0 aliphatic rings. The molecule has 1 aromatic carbocycles. The molecule has 0 heterocycles. The van der Waals surface area contributed by atoms with Crippen LogP contribution in [-0.4, -0.2) is 44.2 Å². The third-order valence-electron chi connectivity index (χ3n) is 2.46. The van der Waals surface area contributed by atoms with E-state index in [1.54, 1.807) is 12.1 Å². The third kappa shape index (κ3) is 5.75.